The fraction of sp³-hybridized carbons (Fsp3) is 0.483. The Balaban J connectivity index is 1.61. The van der Waals surface area contributed by atoms with Crippen LogP contribution in [0, 0.1) is 0 Å². The van der Waals surface area contributed by atoms with Crippen molar-refractivity contribution in [3.8, 4) is 22.8 Å². The van der Waals surface area contributed by atoms with Crippen molar-refractivity contribution < 1.29 is 0 Å². The van der Waals surface area contributed by atoms with E-state index in [1.165, 1.54) is 22.3 Å². The number of rotatable bonds is 2. The Morgan fingerprint density at radius 1 is 0.545 bits per heavy atom. The van der Waals surface area contributed by atoms with E-state index in [2.05, 4.69) is 102 Å². The molecule has 0 spiro atoms. The molecule has 0 amide bonds. The molecule has 5 rings (SSSR count). The molecule has 0 saturated heterocycles. The summed E-state index contributed by atoms with van der Waals surface area (Å²) >= 11 is 6.42. The van der Waals surface area contributed by atoms with E-state index >= 15 is 0 Å². The minimum atomic E-state index is 0.118. The van der Waals surface area contributed by atoms with Gasteiger partial charge in [0.25, 0.3) is 0 Å². The maximum Gasteiger partial charge on any atom is 0.226 e. The number of aromatic nitrogens is 3. The molecule has 1 aromatic heterocycles. The van der Waals surface area contributed by atoms with Gasteiger partial charge in [0.15, 0.2) is 11.6 Å². The second kappa shape index (κ2) is 6.88. The van der Waals surface area contributed by atoms with Gasteiger partial charge >= 0.3 is 0 Å². The van der Waals surface area contributed by atoms with Crippen LogP contribution in [-0.2, 0) is 21.7 Å². The topological polar surface area (TPSA) is 38.7 Å². The van der Waals surface area contributed by atoms with Gasteiger partial charge in [0.2, 0.25) is 5.28 Å². The van der Waals surface area contributed by atoms with Gasteiger partial charge in [-0.2, -0.15) is 9.97 Å². The van der Waals surface area contributed by atoms with Gasteiger partial charge in [-0.3, -0.25) is 0 Å². The smallest absolute Gasteiger partial charge is 0.208 e. The molecule has 3 aromatic rings. The summed E-state index contributed by atoms with van der Waals surface area (Å²) in [5, 5.41) is 0.232. The number of hydrogen-bond donors (Lipinski definition) is 0. The van der Waals surface area contributed by atoms with E-state index in [4.69, 9.17) is 16.6 Å². The molecular weight excluding hydrogens is 426 g/mol. The zero-order valence-corrected chi connectivity index (χ0v) is 21.9. The SMILES string of the molecule is CC1(C)CC(C)(C)c2cc(-c3nc(Cl)nc(-c4ccc5c(c4)C(C)(C)CC5(C)C)n3)ccc21. The molecule has 4 heteroatoms. The summed E-state index contributed by atoms with van der Waals surface area (Å²) < 4.78 is 0. The van der Waals surface area contributed by atoms with Gasteiger partial charge < -0.3 is 0 Å². The normalized spacial score (nSPS) is 21.0. The van der Waals surface area contributed by atoms with Crippen LogP contribution in [0.4, 0.5) is 0 Å². The Hall–Kier alpha value is -2.26. The van der Waals surface area contributed by atoms with Gasteiger partial charge in [-0.15, -0.1) is 0 Å². The molecule has 0 N–H and O–H groups in total. The lowest BCUT2D eigenvalue weighted by atomic mass is 9.82. The van der Waals surface area contributed by atoms with Gasteiger partial charge in [0.1, 0.15) is 0 Å². The van der Waals surface area contributed by atoms with Crippen LogP contribution in [0.2, 0.25) is 5.28 Å². The van der Waals surface area contributed by atoms with E-state index < -0.39 is 0 Å². The van der Waals surface area contributed by atoms with E-state index in [-0.39, 0.29) is 26.9 Å². The summed E-state index contributed by atoms with van der Waals surface area (Å²) in [5.41, 5.74) is 8.16. The quantitative estimate of drug-likeness (QED) is 0.392. The first kappa shape index (κ1) is 22.5. The molecule has 0 bridgehead atoms. The van der Waals surface area contributed by atoms with Crippen molar-refractivity contribution in [2.75, 3.05) is 0 Å². The second-order valence-corrected chi connectivity index (χ2v) is 13.0. The van der Waals surface area contributed by atoms with Gasteiger partial charge in [-0.25, -0.2) is 4.98 Å². The number of halogens is 1. The first-order valence-electron chi connectivity index (χ1n) is 11.9. The standard InChI is InChI=1S/C29H34ClN3/c1-26(2)15-28(5,6)21-13-17(9-11-19(21)26)23-31-24(33-25(30)32-23)18-10-12-20-22(14-18)29(7,8)16-27(20,3)4/h9-14H,15-16H2,1-8H3. The predicted molar refractivity (Wildman–Crippen MR) is 137 cm³/mol. The molecule has 0 saturated carbocycles. The lowest BCUT2D eigenvalue weighted by molar-refractivity contribution is 0.402. The van der Waals surface area contributed by atoms with E-state index in [0.717, 1.165) is 24.0 Å². The molecule has 3 nitrogen and oxygen atoms in total. The molecule has 33 heavy (non-hydrogen) atoms. The summed E-state index contributed by atoms with van der Waals surface area (Å²) in [7, 11) is 0. The molecule has 2 aliphatic carbocycles. The van der Waals surface area contributed by atoms with Crippen molar-refractivity contribution in [2.45, 2.75) is 89.9 Å². The Morgan fingerprint density at radius 3 is 1.30 bits per heavy atom. The number of fused-ring (bicyclic) bond motifs is 2. The number of hydrogen-bond acceptors (Lipinski definition) is 3. The summed E-state index contributed by atoms with van der Waals surface area (Å²) in [6, 6.07) is 13.3. The van der Waals surface area contributed by atoms with Crippen LogP contribution < -0.4 is 0 Å². The van der Waals surface area contributed by atoms with E-state index in [1.807, 2.05) is 0 Å². The van der Waals surface area contributed by atoms with E-state index in [9.17, 15) is 0 Å². The minimum Gasteiger partial charge on any atom is -0.208 e. The third-order valence-electron chi connectivity index (χ3n) is 7.85. The molecule has 2 aromatic carbocycles. The van der Waals surface area contributed by atoms with Crippen molar-refractivity contribution in [2.24, 2.45) is 0 Å². The van der Waals surface area contributed by atoms with Crippen LogP contribution in [0.15, 0.2) is 36.4 Å². The van der Waals surface area contributed by atoms with Crippen LogP contribution in [0.25, 0.3) is 22.8 Å². The average molecular weight is 460 g/mol. The molecule has 1 heterocycles. The fourth-order valence-corrected chi connectivity index (χ4v) is 7.03. The van der Waals surface area contributed by atoms with Crippen LogP contribution in [0.1, 0.15) is 90.5 Å². The van der Waals surface area contributed by atoms with Crippen molar-refractivity contribution in [3.05, 3.63) is 63.9 Å². The monoisotopic (exact) mass is 459 g/mol. The Kier molecular flexibility index (Phi) is 4.70. The largest absolute Gasteiger partial charge is 0.226 e. The van der Waals surface area contributed by atoms with E-state index in [0.29, 0.717) is 11.6 Å². The molecular formula is C29H34ClN3. The lowest BCUT2D eigenvalue weighted by Crippen LogP contribution is -2.18. The number of nitrogens with zero attached hydrogens (tertiary/aromatic N) is 3. The lowest BCUT2D eigenvalue weighted by Gasteiger charge is -2.22. The number of benzene rings is 2. The highest BCUT2D eigenvalue weighted by atomic mass is 35.5. The van der Waals surface area contributed by atoms with Crippen LogP contribution in [0.3, 0.4) is 0 Å². The molecule has 2 aliphatic rings. The molecule has 0 atom stereocenters. The maximum absolute atomic E-state index is 6.42. The maximum atomic E-state index is 6.42. The highest BCUT2D eigenvalue weighted by molar-refractivity contribution is 6.28. The summed E-state index contributed by atoms with van der Waals surface area (Å²) in [5.74, 6) is 1.27. The van der Waals surface area contributed by atoms with Gasteiger partial charge in [-0.05, 0) is 80.5 Å². The van der Waals surface area contributed by atoms with Crippen LogP contribution in [-0.4, -0.2) is 15.0 Å². The van der Waals surface area contributed by atoms with Crippen molar-refractivity contribution >= 4 is 11.6 Å². The zero-order chi connectivity index (χ0) is 24.0. The molecule has 0 radical (unpaired) electrons. The summed E-state index contributed by atoms with van der Waals surface area (Å²) in [4.78, 5) is 13.9. The van der Waals surface area contributed by atoms with Crippen LogP contribution >= 0.6 is 11.6 Å². The fourth-order valence-electron chi connectivity index (χ4n) is 6.87. The second-order valence-electron chi connectivity index (χ2n) is 12.7. The van der Waals surface area contributed by atoms with Crippen molar-refractivity contribution in [3.63, 3.8) is 0 Å². The first-order valence-corrected chi connectivity index (χ1v) is 12.3. The molecule has 0 aliphatic heterocycles. The van der Waals surface area contributed by atoms with Crippen LogP contribution in [0.5, 0.6) is 0 Å². The molecule has 172 valence electrons. The third kappa shape index (κ3) is 3.60. The van der Waals surface area contributed by atoms with Crippen molar-refractivity contribution in [1.82, 2.24) is 15.0 Å². The Bertz CT molecular complexity index is 1190. The highest BCUT2D eigenvalue weighted by Gasteiger charge is 2.43. The summed E-state index contributed by atoms with van der Waals surface area (Å²) in [6.45, 7) is 18.6. The molecule has 0 unspecified atom stereocenters. The minimum absolute atomic E-state index is 0.118. The highest BCUT2D eigenvalue weighted by Crippen LogP contribution is 2.51. The van der Waals surface area contributed by atoms with Gasteiger partial charge in [0.05, 0.1) is 0 Å². The third-order valence-corrected chi connectivity index (χ3v) is 8.02. The predicted octanol–water partition coefficient (Wildman–Crippen LogP) is 7.78. The van der Waals surface area contributed by atoms with Gasteiger partial charge in [-0.1, -0.05) is 79.7 Å². The zero-order valence-electron chi connectivity index (χ0n) is 21.1. The van der Waals surface area contributed by atoms with Gasteiger partial charge in [0, 0.05) is 11.1 Å². The molecule has 0 fully saturated rings. The van der Waals surface area contributed by atoms with Crippen molar-refractivity contribution in [1.29, 1.82) is 0 Å². The van der Waals surface area contributed by atoms with E-state index in [1.54, 1.807) is 0 Å². The Morgan fingerprint density at radius 2 is 0.909 bits per heavy atom. The average Bonchev–Trinajstić information content (AvgIpc) is 3.01. The Labute approximate surface area is 203 Å². The first-order chi connectivity index (χ1) is 15.2. The summed E-state index contributed by atoms with van der Waals surface area (Å²) in [6.07, 6.45) is 2.26.